The molecule has 0 radical (unpaired) electrons. The summed E-state index contributed by atoms with van der Waals surface area (Å²) in [6.45, 7) is 0.767. The highest BCUT2D eigenvalue weighted by molar-refractivity contribution is 6.04. The van der Waals surface area contributed by atoms with Gasteiger partial charge >= 0.3 is 0 Å². The summed E-state index contributed by atoms with van der Waals surface area (Å²) < 4.78 is 0. The number of rotatable bonds is 7. The second-order valence-corrected chi connectivity index (χ2v) is 6.12. The molecule has 5 heteroatoms. The van der Waals surface area contributed by atoms with Crippen molar-refractivity contribution >= 4 is 17.5 Å². The van der Waals surface area contributed by atoms with E-state index < -0.39 is 0 Å². The van der Waals surface area contributed by atoms with Crippen molar-refractivity contribution in [3.8, 4) is 0 Å². The number of benzene rings is 2. The molecule has 1 aromatic heterocycles. The summed E-state index contributed by atoms with van der Waals surface area (Å²) in [5.74, 6) is -0.549. The SMILES string of the molecule is O=C(CC(=O)N(Cc1ccccc1)c1ccccc1)NCc1cccnc1. The predicted octanol–water partition coefficient (Wildman–Crippen LogP) is 3.32. The highest BCUT2D eigenvalue weighted by Crippen LogP contribution is 2.18. The number of carbonyl (C=O) groups excluding carboxylic acids is 2. The number of para-hydroxylation sites is 1. The van der Waals surface area contributed by atoms with Gasteiger partial charge in [0.1, 0.15) is 6.42 Å². The summed E-state index contributed by atoms with van der Waals surface area (Å²) in [4.78, 5) is 30.7. The molecule has 0 fully saturated rings. The molecule has 0 spiro atoms. The van der Waals surface area contributed by atoms with Gasteiger partial charge in [-0.3, -0.25) is 14.6 Å². The van der Waals surface area contributed by atoms with Gasteiger partial charge in [-0.2, -0.15) is 0 Å². The van der Waals surface area contributed by atoms with Crippen molar-refractivity contribution in [3.63, 3.8) is 0 Å². The fourth-order valence-corrected chi connectivity index (χ4v) is 2.70. The van der Waals surface area contributed by atoms with Crippen LogP contribution in [-0.4, -0.2) is 16.8 Å². The Morgan fingerprint density at radius 3 is 2.19 bits per heavy atom. The Bertz CT molecular complexity index is 868. The van der Waals surface area contributed by atoms with Crippen LogP contribution in [0.2, 0.25) is 0 Å². The van der Waals surface area contributed by atoms with E-state index >= 15 is 0 Å². The van der Waals surface area contributed by atoms with Gasteiger partial charge in [0.2, 0.25) is 11.8 Å². The third-order valence-electron chi connectivity index (χ3n) is 4.08. The maximum atomic E-state index is 12.8. The molecule has 5 nitrogen and oxygen atoms in total. The Morgan fingerprint density at radius 2 is 1.52 bits per heavy atom. The number of carbonyl (C=O) groups is 2. The topological polar surface area (TPSA) is 62.3 Å². The van der Waals surface area contributed by atoms with Crippen LogP contribution in [0.1, 0.15) is 17.5 Å². The van der Waals surface area contributed by atoms with Gasteiger partial charge in [0.25, 0.3) is 0 Å². The molecule has 0 bridgehead atoms. The van der Waals surface area contributed by atoms with Crippen molar-refractivity contribution in [2.24, 2.45) is 0 Å². The van der Waals surface area contributed by atoms with E-state index in [0.717, 1.165) is 16.8 Å². The molecule has 0 unspecified atom stereocenters. The van der Waals surface area contributed by atoms with Crippen LogP contribution >= 0.6 is 0 Å². The Kier molecular flexibility index (Phi) is 6.30. The van der Waals surface area contributed by atoms with Crippen LogP contribution in [0.25, 0.3) is 0 Å². The van der Waals surface area contributed by atoms with Crippen LogP contribution in [-0.2, 0) is 22.7 Å². The molecule has 0 aliphatic heterocycles. The van der Waals surface area contributed by atoms with Gasteiger partial charge in [-0.25, -0.2) is 0 Å². The first kappa shape index (κ1) is 18.3. The first-order valence-corrected chi connectivity index (χ1v) is 8.77. The van der Waals surface area contributed by atoms with Crippen molar-refractivity contribution in [3.05, 3.63) is 96.3 Å². The molecule has 0 saturated heterocycles. The molecule has 0 aliphatic carbocycles. The van der Waals surface area contributed by atoms with Crippen LogP contribution in [0, 0.1) is 0 Å². The van der Waals surface area contributed by atoms with E-state index in [1.54, 1.807) is 17.3 Å². The van der Waals surface area contributed by atoms with Crippen LogP contribution < -0.4 is 10.2 Å². The van der Waals surface area contributed by atoms with Crippen LogP contribution in [0.3, 0.4) is 0 Å². The van der Waals surface area contributed by atoms with E-state index in [-0.39, 0.29) is 18.2 Å². The normalized spacial score (nSPS) is 10.2. The zero-order valence-electron chi connectivity index (χ0n) is 14.9. The Balaban J connectivity index is 1.66. The van der Waals surface area contributed by atoms with E-state index in [0.29, 0.717) is 13.1 Å². The summed E-state index contributed by atoms with van der Waals surface area (Å²) in [5.41, 5.74) is 2.67. The molecule has 1 heterocycles. The molecular formula is C22H21N3O2. The molecule has 0 atom stereocenters. The molecule has 136 valence electrons. The van der Waals surface area contributed by atoms with E-state index in [1.807, 2.05) is 72.8 Å². The first-order chi connectivity index (χ1) is 13.2. The van der Waals surface area contributed by atoms with Gasteiger partial charge < -0.3 is 10.2 Å². The van der Waals surface area contributed by atoms with E-state index in [2.05, 4.69) is 10.3 Å². The second kappa shape index (κ2) is 9.29. The minimum absolute atomic E-state index is 0.206. The summed E-state index contributed by atoms with van der Waals surface area (Å²) >= 11 is 0. The van der Waals surface area contributed by atoms with Crippen molar-refractivity contribution in [1.29, 1.82) is 0 Å². The van der Waals surface area contributed by atoms with Gasteiger partial charge in [0, 0.05) is 24.6 Å². The summed E-state index contributed by atoms with van der Waals surface area (Å²) in [6.07, 6.45) is 3.16. The molecule has 3 rings (SSSR count). The van der Waals surface area contributed by atoms with Crippen LogP contribution in [0.5, 0.6) is 0 Å². The third kappa shape index (κ3) is 5.51. The Morgan fingerprint density at radius 1 is 0.852 bits per heavy atom. The monoisotopic (exact) mass is 359 g/mol. The van der Waals surface area contributed by atoms with E-state index in [4.69, 9.17) is 0 Å². The number of nitrogens with zero attached hydrogens (tertiary/aromatic N) is 2. The Hall–Kier alpha value is -3.47. The van der Waals surface area contributed by atoms with Crippen LogP contribution in [0.4, 0.5) is 5.69 Å². The quantitative estimate of drug-likeness (QED) is 0.658. The average Bonchev–Trinajstić information content (AvgIpc) is 2.72. The summed E-state index contributed by atoms with van der Waals surface area (Å²) in [6, 6.07) is 22.8. The van der Waals surface area contributed by atoms with Crippen molar-refractivity contribution in [1.82, 2.24) is 10.3 Å². The van der Waals surface area contributed by atoms with E-state index in [9.17, 15) is 9.59 Å². The average molecular weight is 359 g/mol. The number of hydrogen-bond donors (Lipinski definition) is 1. The zero-order valence-corrected chi connectivity index (χ0v) is 14.9. The smallest absolute Gasteiger partial charge is 0.236 e. The number of pyridine rings is 1. The molecule has 3 aromatic rings. The highest BCUT2D eigenvalue weighted by Gasteiger charge is 2.19. The molecule has 0 aliphatic rings. The molecular weight excluding hydrogens is 338 g/mol. The zero-order chi connectivity index (χ0) is 18.9. The maximum Gasteiger partial charge on any atom is 0.236 e. The molecule has 27 heavy (non-hydrogen) atoms. The second-order valence-electron chi connectivity index (χ2n) is 6.12. The first-order valence-electron chi connectivity index (χ1n) is 8.77. The third-order valence-corrected chi connectivity index (χ3v) is 4.08. The maximum absolute atomic E-state index is 12.8. The lowest BCUT2D eigenvalue weighted by Gasteiger charge is -2.23. The van der Waals surface area contributed by atoms with Crippen molar-refractivity contribution in [2.75, 3.05) is 4.90 Å². The number of hydrogen-bond acceptors (Lipinski definition) is 3. The highest BCUT2D eigenvalue weighted by atomic mass is 16.2. The van der Waals surface area contributed by atoms with Crippen molar-refractivity contribution in [2.45, 2.75) is 19.5 Å². The molecule has 0 saturated carbocycles. The molecule has 2 aromatic carbocycles. The number of anilines is 1. The van der Waals surface area contributed by atoms with Gasteiger partial charge in [0.15, 0.2) is 0 Å². The van der Waals surface area contributed by atoms with Crippen molar-refractivity contribution < 1.29 is 9.59 Å². The van der Waals surface area contributed by atoms with Gasteiger partial charge in [-0.15, -0.1) is 0 Å². The van der Waals surface area contributed by atoms with Crippen LogP contribution in [0.15, 0.2) is 85.2 Å². The van der Waals surface area contributed by atoms with Gasteiger partial charge in [-0.05, 0) is 29.3 Å². The number of amides is 2. The summed E-state index contributed by atoms with van der Waals surface area (Å²) in [7, 11) is 0. The van der Waals surface area contributed by atoms with Gasteiger partial charge in [-0.1, -0.05) is 54.6 Å². The van der Waals surface area contributed by atoms with Gasteiger partial charge in [0.05, 0.1) is 6.54 Å². The minimum Gasteiger partial charge on any atom is -0.352 e. The number of nitrogens with one attached hydrogen (secondary N) is 1. The standard InChI is InChI=1S/C22H21N3O2/c26-21(24-16-19-10-7-13-23-15-19)14-22(27)25(20-11-5-2-6-12-20)17-18-8-3-1-4-9-18/h1-13,15H,14,16-17H2,(H,24,26). The lowest BCUT2D eigenvalue weighted by Crippen LogP contribution is -2.35. The largest absolute Gasteiger partial charge is 0.352 e. The lowest BCUT2D eigenvalue weighted by molar-refractivity contribution is -0.128. The lowest BCUT2D eigenvalue weighted by atomic mass is 10.1. The molecule has 1 N–H and O–H groups in total. The summed E-state index contributed by atoms with van der Waals surface area (Å²) in [5, 5.41) is 2.77. The number of aromatic nitrogens is 1. The van der Waals surface area contributed by atoms with E-state index in [1.165, 1.54) is 0 Å². The molecule has 2 amide bonds. The predicted molar refractivity (Wildman–Crippen MR) is 105 cm³/mol. The fraction of sp³-hybridized carbons (Fsp3) is 0.136. The Labute approximate surface area is 158 Å². The minimum atomic E-state index is -0.308. The fourth-order valence-electron chi connectivity index (χ4n) is 2.70.